The zero-order valence-corrected chi connectivity index (χ0v) is 15.1. The standard InChI is InChI=1S/C15H16N4O5S2/c20-10-2-1-8-7-9(10)19(14-25-5-6-26-14)15(8,11(21)22)17-13(24)18-4-3-16-12(18)23/h1-2,7,14,20H,3-6H2,(H,16,23)(H,17,24)(H,21,22). The first kappa shape index (κ1) is 17.2. The zero-order valence-electron chi connectivity index (χ0n) is 13.5. The van der Waals surface area contributed by atoms with Crippen LogP contribution in [0.5, 0.6) is 5.75 Å². The predicted octanol–water partition coefficient (Wildman–Crippen LogP) is 0.948. The highest BCUT2D eigenvalue weighted by atomic mass is 32.2. The van der Waals surface area contributed by atoms with Gasteiger partial charge in [-0.15, -0.1) is 23.5 Å². The van der Waals surface area contributed by atoms with E-state index in [2.05, 4.69) is 10.6 Å². The number of carbonyl (C=O) groups is 3. The minimum Gasteiger partial charge on any atom is -0.506 e. The number of thioether (sulfide) groups is 2. The fraction of sp³-hybridized carbons (Fsp3) is 0.400. The summed E-state index contributed by atoms with van der Waals surface area (Å²) in [6.45, 7) is 0.481. The van der Waals surface area contributed by atoms with E-state index in [1.54, 1.807) is 29.6 Å². The molecule has 4 N–H and O–H groups in total. The summed E-state index contributed by atoms with van der Waals surface area (Å²) in [5, 5.41) is 25.4. The number of urea groups is 2. The van der Waals surface area contributed by atoms with E-state index < -0.39 is 23.7 Å². The summed E-state index contributed by atoms with van der Waals surface area (Å²) < 4.78 is -0.287. The van der Waals surface area contributed by atoms with Gasteiger partial charge in [-0.1, -0.05) is 6.07 Å². The fourth-order valence-corrected chi connectivity index (χ4v) is 6.30. The lowest BCUT2D eigenvalue weighted by Gasteiger charge is -2.41. The van der Waals surface area contributed by atoms with Crippen LogP contribution >= 0.6 is 23.5 Å². The number of fused-ring (bicyclic) bond motifs is 2. The first-order valence-corrected chi connectivity index (χ1v) is 10.0. The molecule has 0 radical (unpaired) electrons. The van der Waals surface area contributed by atoms with Gasteiger partial charge in [0.1, 0.15) is 10.5 Å². The second kappa shape index (κ2) is 6.16. The molecule has 3 aliphatic heterocycles. The number of hydrogen-bond donors (Lipinski definition) is 4. The van der Waals surface area contributed by atoms with Gasteiger partial charge >= 0.3 is 18.0 Å². The van der Waals surface area contributed by atoms with Gasteiger partial charge in [-0.2, -0.15) is 0 Å². The number of aliphatic carboxylic acids is 1. The van der Waals surface area contributed by atoms with Crippen molar-refractivity contribution in [1.29, 1.82) is 0 Å². The number of imide groups is 1. The summed E-state index contributed by atoms with van der Waals surface area (Å²) in [6.07, 6.45) is 0. The van der Waals surface area contributed by atoms with Gasteiger partial charge in [0.25, 0.3) is 0 Å². The van der Waals surface area contributed by atoms with E-state index in [4.69, 9.17) is 0 Å². The van der Waals surface area contributed by atoms with E-state index in [1.165, 1.54) is 17.0 Å². The first-order chi connectivity index (χ1) is 12.4. The molecular formula is C15H16N4O5S2. The predicted molar refractivity (Wildman–Crippen MR) is 97.2 cm³/mol. The maximum Gasteiger partial charge on any atom is 0.355 e. The van der Waals surface area contributed by atoms with Crippen LogP contribution in [0.1, 0.15) is 5.56 Å². The molecule has 2 fully saturated rings. The second-order valence-electron chi connectivity index (χ2n) is 5.95. The average Bonchev–Trinajstić information content (AvgIpc) is 3.30. The molecule has 0 spiro atoms. The highest BCUT2D eigenvalue weighted by Gasteiger charge is 2.56. The number of carboxylic acid groups (broad SMARTS) is 1. The summed E-state index contributed by atoms with van der Waals surface area (Å²) in [5.74, 6) is 0.332. The molecule has 3 aliphatic rings. The van der Waals surface area contributed by atoms with Crippen molar-refractivity contribution in [3.8, 4) is 5.75 Å². The Morgan fingerprint density at radius 1 is 1.31 bits per heavy atom. The lowest BCUT2D eigenvalue weighted by atomic mass is 10.0. The number of anilines is 1. The maximum atomic E-state index is 12.7. The molecular weight excluding hydrogens is 380 g/mol. The third kappa shape index (κ3) is 2.37. The number of aromatic hydroxyl groups is 1. The SMILES string of the molecule is O=C1NCCN1C(=O)NC1(C(=O)O)c2ccc(O)c(c2)N1C1SCCS1. The van der Waals surface area contributed by atoms with Crippen LogP contribution in [-0.4, -0.2) is 62.4 Å². The summed E-state index contributed by atoms with van der Waals surface area (Å²) >= 11 is 3.09. The Hall–Kier alpha value is -2.27. The number of nitrogens with one attached hydrogen (secondary N) is 2. The van der Waals surface area contributed by atoms with Crippen molar-refractivity contribution in [2.75, 3.05) is 29.5 Å². The van der Waals surface area contributed by atoms with Gasteiger partial charge < -0.3 is 25.7 Å². The topological polar surface area (TPSA) is 122 Å². The quantitative estimate of drug-likeness (QED) is 0.596. The van der Waals surface area contributed by atoms with Gasteiger partial charge in [0.05, 0.1) is 5.69 Å². The number of amides is 4. The molecule has 138 valence electrons. The normalized spacial score (nSPS) is 24.8. The van der Waals surface area contributed by atoms with E-state index in [0.29, 0.717) is 17.8 Å². The zero-order chi connectivity index (χ0) is 18.5. The molecule has 1 aromatic carbocycles. The van der Waals surface area contributed by atoms with Crippen molar-refractivity contribution in [3.05, 3.63) is 23.8 Å². The lowest BCUT2D eigenvalue weighted by Crippen LogP contribution is -2.64. The van der Waals surface area contributed by atoms with Gasteiger partial charge in [-0.05, 0) is 12.1 Å². The van der Waals surface area contributed by atoms with E-state index in [9.17, 15) is 24.6 Å². The molecule has 1 aromatic rings. The van der Waals surface area contributed by atoms with Crippen LogP contribution in [0.3, 0.4) is 0 Å². The smallest absolute Gasteiger partial charge is 0.355 e. The van der Waals surface area contributed by atoms with Gasteiger partial charge in [-0.3, -0.25) is 0 Å². The molecule has 1 unspecified atom stereocenters. The third-order valence-electron chi connectivity index (χ3n) is 4.53. The van der Waals surface area contributed by atoms with Crippen molar-refractivity contribution in [2.45, 2.75) is 10.4 Å². The molecule has 0 aromatic heterocycles. The number of nitrogens with zero attached hydrogens (tertiary/aromatic N) is 2. The van der Waals surface area contributed by atoms with Crippen LogP contribution in [0.15, 0.2) is 18.2 Å². The molecule has 4 amide bonds. The highest BCUT2D eigenvalue weighted by Crippen LogP contribution is 2.51. The molecule has 2 bridgehead atoms. The monoisotopic (exact) mass is 396 g/mol. The Morgan fingerprint density at radius 2 is 2.04 bits per heavy atom. The van der Waals surface area contributed by atoms with Crippen molar-refractivity contribution in [2.24, 2.45) is 0 Å². The Bertz CT molecular complexity index is 800. The molecule has 2 saturated heterocycles. The number of benzene rings is 1. The number of phenolic OH excluding ortho intramolecular Hbond substituents is 1. The Balaban J connectivity index is 1.76. The summed E-state index contributed by atoms with van der Waals surface area (Å²) in [4.78, 5) is 39.3. The minimum atomic E-state index is -1.88. The Kier molecular flexibility index (Phi) is 4.07. The van der Waals surface area contributed by atoms with E-state index in [0.717, 1.165) is 16.4 Å². The third-order valence-corrected chi connectivity index (χ3v) is 7.47. The number of phenols is 1. The molecule has 11 heteroatoms. The van der Waals surface area contributed by atoms with Crippen LogP contribution in [0.25, 0.3) is 0 Å². The summed E-state index contributed by atoms with van der Waals surface area (Å²) in [5.41, 5.74) is -1.20. The van der Waals surface area contributed by atoms with Crippen molar-refractivity contribution < 1.29 is 24.6 Å². The van der Waals surface area contributed by atoms with Gasteiger partial charge in [0.15, 0.2) is 0 Å². The number of hydrogen-bond acceptors (Lipinski definition) is 7. The van der Waals surface area contributed by atoms with E-state index >= 15 is 0 Å². The first-order valence-electron chi connectivity index (χ1n) is 7.92. The number of rotatable bonds is 3. The molecule has 26 heavy (non-hydrogen) atoms. The van der Waals surface area contributed by atoms with Crippen LogP contribution in [0.2, 0.25) is 0 Å². The Labute approximate surface area is 157 Å². The molecule has 1 atom stereocenters. The fourth-order valence-electron chi connectivity index (χ4n) is 3.33. The van der Waals surface area contributed by atoms with Crippen LogP contribution in [-0.2, 0) is 10.5 Å². The van der Waals surface area contributed by atoms with Crippen molar-refractivity contribution in [3.63, 3.8) is 0 Å². The van der Waals surface area contributed by atoms with Gasteiger partial charge in [0.2, 0.25) is 5.66 Å². The van der Waals surface area contributed by atoms with Crippen LogP contribution in [0, 0.1) is 0 Å². The summed E-state index contributed by atoms with van der Waals surface area (Å²) in [7, 11) is 0. The lowest BCUT2D eigenvalue weighted by molar-refractivity contribution is -0.144. The van der Waals surface area contributed by atoms with Gasteiger partial charge in [-0.25, -0.2) is 19.3 Å². The molecule has 0 aliphatic carbocycles. The molecule has 0 saturated carbocycles. The minimum absolute atomic E-state index is 0.0573. The largest absolute Gasteiger partial charge is 0.506 e. The highest BCUT2D eigenvalue weighted by molar-refractivity contribution is 8.20. The van der Waals surface area contributed by atoms with Crippen LogP contribution in [0.4, 0.5) is 15.3 Å². The maximum absolute atomic E-state index is 12.7. The number of carbonyl (C=O) groups excluding carboxylic acids is 2. The number of carboxylic acids is 1. The molecule has 3 heterocycles. The van der Waals surface area contributed by atoms with E-state index in [1.807, 2.05) is 0 Å². The van der Waals surface area contributed by atoms with Gasteiger partial charge in [0, 0.05) is 30.2 Å². The average molecular weight is 396 g/mol. The van der Waals surface area contributed by atoms with E-state index in [-0.39, 0.29) is 17.0 Å². The van der Waals surface area contributed by atoms with Crippen molar-refractivity contribution >= 4 is 47.2 Å². The molecule has 9 nitrogen and oxygen atoms in total. The molecule has 4 rings (SSSR count). The summed E-state index contributed by atoms with van der Waals surface area (Å²) in [6, 6.07) is 3.10. The van der Waals surface area contributed by atoms with Crippen LogP contribution < -0.4 is 15.5 Å². The van der Waals surface area contributed by atoms with Crippen molar-refractivity contribution in [1.82, 2.24) is 15.5 Å². The Morgan fingerprint density at radius 3 is 2.65 bits per heavy atom. The second-order valence-corrected chi connectivity index (χ2v) is 8.63.